The molecule has 0 saturated carbocycles. The number of halogens is 1. The maximum Gasteiger partial charge on any atom is 0.315 e. The first kappa shape index (κ1) is 20.4. The molecule has 0 saturated heterocycles. The van der Waals surface area contributed by atoms with Crippen molar-refractivity contribution in [3.63, 3.8) is 0 Å². The van der Waals surface area contributed by atoms with Crippen LogP contribution in [0.25, 0.3) is 0 Å². The average Bonchev–Trinajstić information content (AvgIpc) is 2.76. The Hall–Kier alpha value is -3.38. The summed E-state index contributed by atoms with van der Waals surface area (Å²) in [5, 5.41) is 9.08. The Morgan fingerprint density at radius 2 is 1.55 bits per heavy atom. The topological polar surface area (TPSA) is 83.1 Å². The quantitative estimate of drug-likeness (QED) is 0.557. The maximum absolute atomic E-state index is 12.1. The molecule has 0 unspecified atom stereocenters. The molecule has 0 atom stereocenters. The predicted molar refractivity (Wildman–Crippen MR) is 112 cm³/mol. The van der Waals surface area contributed by atoms with E-state index in [4.69, 9.17) is 11.6 Å². The number of hydrogen-bond acceptors (Lipinski definition) is 3. The molecule has 0 radical (unpaired) electrons. The van der Waals surface area contributed by atoms with Crippen LogP contribution < -0.4 is 16.0 Å². The number of pyridine rings is 1. The van der Waals surface area contributed by atoms with Crippen LogP contribution in [0.5, 0.6) is 0 Å². The highest BCUT2D eigenvalue weighted by atomic mass is 35.5. The minimum Gasteiger partial charge on any atom is -0.348 e. The third-order valence-corrected chi connectivity index (χ3v) is 4.59. The fraction of sp³-hybridized carbons (Fsp3) is 0.136. The fourth-order valence-corrected chi connectivity index (χ4v) is 2.90. The van der Waals surface area contributed by atoms with Gasteiger partial charge in [-0.2, -0.15) is 0 Å². The van der Waals surface area contributed by atoms with Crippen molar-refractivity contribution < 1.29 is 9.59 Å². The van der Waals surface area contributed by atoms with Crippen LogP contribution in [0.1, 0.15) is 27.0 Å². The second-order valence-electron chi connectivity index (χ2n) is 6.37. The smallest absolute Gasteiger partial charge is 0.315 e. The second-order valence-corrected chi connectivity index (χ2v) is 6.78. The van der Waals surface area contributed by atoms with E-state index in [0.717, 1.165) is 16.7 Å². The number of carbonyl (C=O) groups is 2. The molecule has 0 bridgehead atoms. The first-order valence-electron chi connectivity index (χ1n) is 9.13. The Kier molecular flexibility index (Phi) is 7.19. The highest BCUT2D eigenvalue weighted by Gasteiger charge is 2.06. The molecule has 1 heterocycles. The highest BCUT2D eigenvalue weighted by molar-refractivity contribution is 6.31. The van der Waals surface area contributed by atoms with Gasteiger partial charge in [-0.05, 0) is 34.9 Å². The summed E-state index contributed by atoms with van der Waals surface area (Å²) in [6, 6.07) is 18.2. The van der Waals surface area contributed by atoms with Crippen molar-refractivity contribution in [2.45, 2.75) is 19.6 Å². The van der Waals surface area contributed by atoms with Gasteiger partial charge in [-0.3, -0.25) is 9.78 Å². The van der Waals surface area contributed by atoms with E-state index in [1.165, 1.54) is 6.20 Å². The third-order valence-electron chi connectivity index (χ3n) is 4.22. The Labute approximate surface area is 174 Å². The molecular formula is C22H21ClN4O2. The van der Waals surface area contributed by atoms with Crippen molar-refractivity contribution in [2.75, 3.05) is 0 Å². The molecule has 6 nitrogen and oxygen atoms in total. The summed E-state index contributed by atoms with van der Waals surface area (Å²) in [5.41, 5.74) is 3.25. The van der Waals surface area contributed by atoms with E-state index < -0.39 is 0 Å². The van der Waals surface area contributed by atoms with Crippen LogP contribution in [-0.2, 0) is 19.6 Å². The van der Waals surface area contributed by atoms with Gasteiger partial charge < -0.3 is 16.0 Å². The SMILES string of the molecule is O=C(NCc1cccc(CNC(=O)c2cccnc2)c1)NCc1ccccc1Cl. The minimum atomic E-state index is -0.278. The predicted octanol–water partition coefficient (Wildman–Crippen LogP) is 3.66. The summed E-state index contributed by atoms with van der Waals surface area (Å²) in [6.07, 6.45) is 3.15. The standard InChI is InChI=1S/C22H21ClN4O2/c23-20-9-2-1-7-18(20)15-27-22(29)26-13-17-6-3-5-16(11-17)12-25-21(28)19-8-4-10-24-14-19/h1-11,14H,12-13,15H2,(H,25,28)(H2,26,27,29). The van der Waals surface area contributed by atoms with Gasteiger partial charge in [-0.25, -0.2) is 4.79 Å². The number of urea groups is 1. The zero-order valence-electron chi connectivity index (χ0n) is 15.7. The maximum atomic E-state index is 12.1. The van der Waals surface area contributed by atoms with E-state index >= 15 is 0 Å². The first-order chi connectivity index (χ1) is 14.1. The fourth-order valence-electron chi connectivity index (χ4n) is 2.69. The summed E-state index contributed by atoms with van der Waals surface area (Å²) in [6.45, 7) is 1.12. The van der Waals surface area contributed by atoms with E-state index in [1.54, 1.807) is 24.4 Å². The number of benzene rings is 2. The van der Waals surface area contributed by atoms with Gasteiger partial charge >= 0.3 is 6.03 Å². The average molecular weight is 409 g/mol. The van der Waals surface area contributed by atoms with Gasteiger partial charge in [0.2, 0.25) is 0 Å². The second kappa shape index (κ2) is 10.2. The summed E-state index contributed by atoms with van der Waals surface area (Å²) in [5.74, 6) is -0.180. The van der Waals surface area contributed by atoms with Gasteiger partial charge in [0.05, 0.1) is 5.56 Å². The number of aromatic nitrogens is 1. The first-order valence-corrected chi connectivity index (χ1v) is 9.51. The number of nitrogens with zero attached hydrogens (tertiary/aromatic N) is 1. The molecule has 1 aromatic heterocycles. The van der Waals surface area contributed by atoms with E-state index in [9.17, 15) is 9.59 Å². The lowest BCUT2D eigenvalue weighted by Gasteiger charge is -2.10. The van der Waals surface area contributed by atoms with Gasteiger partial charge in [0.25, 0.3) is 5.91 Å². The van der Waals surface area contributed by atoms with Crippen molar-refractivity contribution in [1.82, 2.24) is 20.9 Å². The zero-order chi connectivity index (χ0) is 20.5. The van der Waals surface area contributed by atoms with Crippen LogP contribution in [0.15, 0.2) is 73.1 Å². The molecule has 2 aromatic carbocycles. The van der Waals surface area contributed by atoms with Crippen LogP contribution in [0.4, 0.5) is 4.79 Å². The van der Waals surface area contributed by atoms with Crippen molar-refractivity contribution >= 4 is 23.5 Å². The summed E-state index contributed by atoms with van der Waals surface area (Å²) in [4.78, 5) is 28.1. The Morgan fingerprint density at radius 3 is 2.28 bits per heavy atom. The number of rotatable bonds is 7. The number of carbonyl (C=O) groups excluding carboxylic acids is 2. The Morgan fingerprint density at radius 1 is 0.828 bits per heavy atom. The Balaban J connectivity index is 1.46. The molecule has 3 N–H and O–H groups in total. The monoisotopic (exact) mass is 408 g/mol. The molecule has 7 heteroatoms. The summed E-state index contributed by atoms with van der Waals surface area (Å²) >= 11 is 6.08. The van der Waals surface area contributed by atoms with E-state index in [0.29, 0.717) is 30.2 Å². The largest absolute Gasteiger partial charge is 0.348 e. The van der Waals surface area contributed by atoms with Crippen LogP contribution in [0, 0.1) is 0 Å². The zero-order valence-corrected chi connectivity index (χ0v) is 16.4. The van der Waals surface area contributed by atoms with Crippen LogP contribution in [0.2, 0.25) is 5.02 Å². The van der Waals surface area contributed by atoms with Gasteiger partial charge in [0.15, 0.2) is 0 Å². The highest BCUT2D eigenvalue weighted by Crippen LogP contribution is 2.14. The molecule has 3 aromatic rings. The molecule has 0 fully saturated rings. The molecule has 0 spiro atoms. The lowest BCUT2D eigenvalue weighted by atomic mass is 10.1. The van der Waals surface area contributed by atoms with Crippen molar-refractivity contribution in [1.29, 1.82) is 0 Å². The van der Waals surface area contributed by atoms with Crippen LogP contribution in [-0.4, -0.2) is 16.9 Å². The van der Waals surface area contributed by atoms with Crippen LogP contribution in [0.3, 0.4) is 0 Å². The summed E-state index contributed by atoms with van der Waals surface area (Å²) < 4.78 is 0. The molecular weight excluding hydrogens is 388 g/mol. The van der Waals surface area contributed by atoms with E-state index in [-0.39, 0.29) is 11.9 Å². The molecule has 29 heavy (non-hydrogen) atoms. The van der Waals surface area contributed by atoms with E-state index in [2.05, 4.69) is 20.9 Å². The molecule has 0 aliphatic carbocycles. The molecule has 3 rings (SSSR count). The van der Waals surface area contributed by atoms with Crippen LogP contribution >= 0.6 is 11.6 Å². The number of nitrogens with one attached hydrogen (secondary N) is 3. The van der Waals surface area contributed by atoms with Crippen molar-refractivity contribution in [3.8, 4) is 0 Å². The number of amides is 3. The Bertz CT molecular complexity index is 979. The minimum absolute atomic E-state index is 0.180. The van der Waals surface area contributed by atoms with Crippen molar-refractivity contribution in [3.05, 3.63) is 100 Å². The molecule has 3 amide bonds. The van der Waals surface area contributed by atoms with Gasteiger partial charge in [-0.1, -0.05) is 54.1 Å². The van der Waals surface area contributed by atoms with Gasteiger partial charge in [0.1, 0.15) is 0 Å². The van der Waals surface area contributed by atoms with E-state index in [1.807, 2.05) is 42.5 Å². The molecule has 148 valence electrons. The molecule has 0 aliphatic heterocycles. The lowest BCUT2D eigenvalue weighted by Crippen LogP contribution is -2.34. The third kappa shape index (κ3) is 6.33. The van der Waals surface area contributed by atoms with Gasteiger partial charge in [-0.15, -0.1) is 0 Å². The van der Waals surface area contributed by atoms with Gasteiger partial charge in [0, 0.05) is 37.1 Å². The molecule has 0 aliphatic rings. The number of hydrogen-bond donors (Lipinski definition) is 3. The van der Waals surface area contributed by atoms with Crippen molar-refractivity contribution in [2.24, 2.45) is 0 Å². The summed E-state index contributed by atoms with van der Waals surface area (Å²) in [7, 11) is 0. The normalized spacial score (nSPS) is 10.2. The lowest BCUT2D eigenvalue weighted by molar-refractivity contribution is 0.0950.